The van der Waals surface area contributed by atoms with Crippen LogP contribution in [0.1, 0.15) is 5.56 Å². The Balaban J connectivity index is 3.23. The summed E-state index contributed by atoms with van der Waals surface area (Å²) in [6.07, 6.45) is -4.45. The van der Waals surface area contributed by atoms with Gasteiger partial charge in [-0.3, -0.25) is 0 Å². The van der Waals surface area contributed by atoms with Gasteiger partial charge in [0.2, 0.25) is 0 Å². The average Bonchev–Trinajstić information content (AvgIpc) is 2.06. The Kier molecular flexibility index (Phi) is 3.09. The summed E-state index contributed by atoms with van der Waals surface area (Å²) in [5, 5.41) is 0.0522. The highest BCUT2D eigenvalue weighted by Crippen LogP contribution is 2.34. The Morgan fingerprint density at radius 2 is 1.87 bits per heavy atom. The Labute approximate surface area is 88.5 Å². The molecule has 0 aromatic heterocycles. The zero-order chi connectivity index (χ0) is 11.6. The molecular formula is C8H7ClF3N3. The van der Waals surface area contributed by atoms with Gasteiger partial charge in [-0.25, -0.2) is 4.99 Å². The first-order valence-electron chi connectivity index (χ1n) is 3.77. The van der Waals surface area contributed by atoms with Crippen LogP contribution in [0.2, 0.25) is 5.02 Å². The fraction of sp³-hybridized carbons (Fsp3) is 0.125. The van der Waals surface area contributed by atoms with E-state index >= 15 is 0 Å². The molecule has 0 amide bonds. The van der Waals surface area contributed by atoms with Crippen molar-refractivity contribution in [2.45, 2.75) is 6.18 Å². The smallest absolute Gasteiger partial charge is 0.370 e. The lowest BCUT2D eigenvalue weighted by atomic mass is 10.2. The first-order valence-corrected chi connectivity index (χ1v) is 4.15. The van der Waals surface area contributed by atoms with Gasteiger partial charge in [0, 0.05) is 0 Å². The van der Waals surface area contributed by atoms with E-state index in [4.69, 9.17) is 23.1 Å². The van der Waals surface area contributed by atoms with E-state index in [9.17, 15) is 13.2 Å². The van der Waals surface area contributed by atoms with E-state index in [0.717, 1.165) is 18.2 Å². The van der Waals surface area contributed by atoms with Gasteiger partial charge in [0.1, 0.15) is 0 Å². The number of alkyl halides is 3. The molecule has 0 saturated carbocycles. The second-order valence-corrected chi connectivity index (χ2v) is 3.11. The van der Waals surface area contributed by atoms with Crippen LogP contribution in [0.15, 0.2) is 23.2 Å². The zero-order valence-corrected chi connectivity index (χ0v) is 8.10. The molecule has 7 heteroatoms. The molecule has 0 spiro atoms. The lowest BCUT2D eigenvalue weighted by molar-refractivity contribution is -0.137. The lowest BCUT2D eigenvalue weighted by Crippen LogP contribution is -2.22. The van der Waals surface area contributed by atoms with Crippen LogP contribution in [0.5, 0.6) is 0 Å². The summed E-state index contributed by atoms with van der Waals surface area (Å²) in [4.78, 5) is 3.47. The van der Waals surface area contributed by atoms with Gasteiger partial charge in [-0.05, 0) is 18.2 Å². The van der Waals surface area contributed by atoms with Crippen molar-refractivity contribution >= 4 is 23.2 Å². The summed E-state index contributed by atoms with van der Waals surface area (Å²) in [5.74, 6) is -0.351. The number of hydrogen-bond donors (Lipinski definition) is 2. The van der Waals surface area contributed by atoms with Crippen LogP contribution in [0.25, 0.3) is 0 Å². The highest BCUT2D eigenvalue weighted by atomic mass is 35.5. The molecular weight excluding hydrogens is 231 g/mol. The van der Waals surface area contributed by atoms with Crippen molar-refractivity contribution in [2.75, 3.05) is 0 Å². The molecule has 0 saturated heterocycles. The minimum atomic E-state index is -4.45. The molecule has 4 N–H and O–H groups in total. The maximum absolute atomic E-state index is 12.3. The number of nitrogens with two attached hydrogens (primary N) is 2. The van der Waals surface area contributed by atoms with Crippen LogP contribution < -0.4 is 11.5 Å². The van der Waals surface area contributed by atoms with E-state index in [0.29, 0.717) is 0 Å². The van der Waals surface area contributed by atoms with Crippen molar-refractivity contribution in [1.82, 2.24) is 0 Å². The maximum Gasteiger partial charge on any atom is 0.416 e. The molecule has 3 nitrogen and oxygen atoms in total. The highest BCUT2D eigenvalue weighted by molar-refractivity contribution is 6.33. The monoisotopic (exact) mass is 237 g/mol. The van der Waals surface area contributed by atoms with Crippen molar-refractivity contribution in [2.24, 2.45) is 16.5 Å². The summed E-state index contributed by atoms with van der Waals surface area (Å²) in [7, 11) is 0. The molecule has 1 aromatic carbocycles. The molecule has 82 valence electrons. The van der Waals surface area contributed by atoms with E-state index in [1.807, 2.05) is 0 Å². The fourth-order valence-electron chi connectivity index (χ4n) is 0.914. The number of aliphatic imine (C=N–C) groups is 1. The number of hydrogen-bond acceptors (Lipinski definition) is 1. The third-order valence-electron chi connectivity index (χ3n) is 1.52. The first-order chi connectivity index (χ1) is 6.80. The standard InChI is InChI=1S/C8H7ClF3N3/c9-5-2-1-4(8(10,11)12)3-6(5)15-7(13)14/h1-3H,(H4,13,14,15). The van der Waals surface area contributed by atoms with Gasteiger partial charge in [0.05, 0.1) is 16.3 Å². The summed E-state index contributed by atoms with van der Waals surface area (Å²) >= 11 is 5.60. The third kappa shape index (κ3) is 3.02. The Hall–Kier alpha value is -1.43. The molecule has 1 aromatic rings. The molecule has 0 aliphatic carbocycles. The average molecular weight is 238 g/mol. The molecule has 15 heavy (non-hydrogen) atoms. The summed E-state index contributed by atoms with van der Waals surface area (Å²) in [6, 6.07) is 2.72. The largest absolute Gasteiger partial charge is 0.416 e. The molecule has 0 radical (unpaired) electrons. The quantitative estimate of drug-likeness (QED) is 0.581. The van der Waals surface area contributed by atoms with E-state index in [2.05, 4.69) is 4.99 Å². The number of rotatable bonds is 1. The molecule has 1 rings (SSSR count). The molecule has 0 heterocycles. The van der Waals surface area contributed by atoms with Crippen molar-refractivity contribution < 1.29 is 13.2 Å². The SMILES string of the molecule is NC(N)=Nc1cc(C(F)(F)F)ccc1Cl. The van der Waals surface area contributed by atoms with E-state index in [-0.39, 0.29) is 16.7 Å². The van der Waals surface area contributed by atoms with Crippen LogP contribution in [-0.4, -0.2) is 5.96 Å². The van der Waals surface area contributed by atoms with E-state index in [1.165, 1.54) is 0 Å². The van der Waals surface area contributed by atoms with Gasteiger partial charge in [0.25, 0.3) is 0 Å². The molecule has 0 bridgehead atoms. The normalized spacial score (nSPS) is 11.2. The second kappa shape index (κ2) is 3.98. The van der Waals surface area contributed by atoms with Crippen molar-refractivity contribution in [3.63, 3.8) is 0 Å². The number of nitrogens with zero attached hydrogens (tertiary/aromatic N) is 1. The third-order valence-corrected chi connectivity index (χ3v) is 1.84. The molecule has 0 fully saturated rings. The Morgan fingerprint density at radius 1 is 1.27 bits per heavy atom. The van der Waals surface area contributed by atoms with E-state index in [1.54, 1.807) is 0 Å². The van der Waals surface area contributed by atoms with Gasteiger partial charge in [-0.1, -0.05) is 11.6 Å². The number of benzene rings is 1. The predicted molar refractivity (Wildman–Crippen MR) is 51.9 cm³/mol. The van der Waals surface area contributed by atoms with Gasteiger partial charge >= 0.3 is 6.18 Å². The predicted octanol–water partition coefficient (Wildman–Crippen LogP) is 2.26. The molecule has 0 unspecified atom stereocenters. The van der Waals surface area contributed by atoms with Crippen LogP contribution in [0.3, 0.4) is 0 Å². The zero-order valence-electron chi connectivity index (χ0n) is 7.35. The molecule has 0 aliphatic heterocycles. The van der Waals surface area contributed by atoms with Gasteiger partial charge in [-0.2, -0.15) is 13.2 Å². The van der Waals surface area contributed by atoms with Gasteiger partial charge < -0.3 is 11.5 Å². The molecule has 0 atom stereocenters. The maximum atomic E-state index is 12.3. The molecule has 0 aliphatic rings. The van der Waals surface area contributed by atoms with E-state index < -0.39 is 11.7 Å². The fourth-order valence-corrected chi connectivity index (χ4v) is 1.07. The van der Waals surface area contributed by atoms with Gasteiger partial charge in [-0.15, -0.1) is 0 Å². The minimum absolute atomic E-state index is 0.0522. The Bertz CT molecular complexity index is 397. The Morgan fingerprint density at radius 3 is 2.33 bits per heavy atom. The topological polar surface area (TPSA) is 64.4 Å². The number of halogens is 4. The van der Waals surface area contributed by atoms with Crippen LogP contribution in [-0.2, 0) is 6.18 Å². The van der Waals surface area contributed by atoms with Gasteiger partial charge in [0.15, 0.2) is 5.96 Å². The highest BCUT2D eigenvalue weighted by Gasteiger charge is 2.30. The summed E-state index contributed by atoms with van der Waals surface area (Å²) in [5.41, 5.74) is 9.12. The second-order valence-electron chi connectivity index (χ2n) is 2.70. The van der Waals surface area contributed by atoms with Crippen molar-refractivity contribution in [3.05, 3.63) is 28.8 Å². The van der Waals surface area contributed by atoms with Crippen LogP contribution >= 0.6 is 11.6 Å². The first kappa shape index (κ1) is 11.6. The number of guanidine groups is 1. The minimum Gasteiger partial charge on any atom is -0.370 e. The van der Waals surface area contributed by atoms with Crippen molar-refractivity contribution in [1.29, 1.82) is 0 Å². The summed E-state index contributed by atoms with van der Waals surface area (Å²) < 4.78 is 36.8. The summed E-state index contributed by atoms with van der Waals surface area (Å²) in [6.45, 7) is 0. The van der Waals surface area contributed by atoms with Crippen LogP contribution in [0, 0.1) is 0 Å². The van der Waals surface area contributed by atoms with Crippen molar-refractivity contribution in [3.8, 4) is 0 Å². The van der Waals surface area contributed by atoms with Crippen LogP contribution in [0.4, 0.5) is 18.9 Å². The lowest BCUT2D eigenvalue weighted by Gasteiger charge is -2.07.